The molecule has 0 saturated carbocycles. The summed E-state index contributed by atoms with van der Waals surface area (Å²) in [5.41, 5.74) is 7.32. The van der Waals surface area contributed by atoms with E-state index in [1.54, 1.807) is 0 Å². The smallest absolute Gasteiger partial charge is 0.330 e. The number of nitrogens with two attached hydrogens (primary N) is 1. The average Bonchev–Trinajstić information content (AvgIpc) is 2.73. The van der Waals surface area contributed by atoms with Gasteiger partial charge in [0.1, 0.15) is 5.82 Å². The molecule has 2 rings (SSSR count). The third kappa shape index (κ3) is 6.79. The van der Waals surface area contributed by atoms with Crippen molar-refractivity contribution in [1.29, 1.82) is 0 Å². The highest BCUT2D eigenvalue weighted by Gasteiger charge is 2.24. The molecule has 1 heterocycles. The fourth-order valence-corrected chi connectivity index (χ4v) is 3.45. The number of carbonyl (C=O) groups excluding carboxylic acids is 2. The second-order valence-electron chi connectivity index (χ2n) is 8.40. The third-order valence-electron chi connectivity index (χ3n) is 5.07. The molecule has 1 aromatic carbocycles. The van der Waals surface area contributed by atoms with Crippen molar-refractivity contribution in [2.45, 2.75) is 47.1 Å². The van der Waals surface area contributed by atoms with E-state index in [4.69, 9.17) is 10.5 Å². The largest absolute Gasteiger partial charge is 0.383 e. The molecular formula is C23H33N5O5. The van der Waals surface area contributed by atoms with Gasteiger partial charge in [-0.2, -0.15) is 0 Å². The molecule has 180 valence electrons. The third-order valence-corrected chi connectivity index (χ3v) is 5.07. The van der Waals surface area contributed by atoms with E-state index in [1.165, 1.54) is 16.6 Å². The van der Waals surface area contributed by atoms with Gasteiger partial charge >= 0.3 is 5.69 Å². The maximum absolute atomic E-state index is 13.0. The summed E-state index contributed by atoms with van der Waals surface area (Å²) in [4.78, 5) is 53.7. The fraction of sp³-hybridized carbons (Fsp3) is 0.478. The van der Waals surface area contributed by atoms with E-state index in [1.807, 2.05) is 45.9 Å². The topological polar surface area (TPSA) is 140 Å². The zero-order chi connectivity index (χ0) is 24.7. The van der Waals surface area contributed by atoms with E-state index >= 15 is 0 Å². The van der Waals surface area contributed by atoms with Crippen molar-refractivity contribution in [3.8, 4) is 0 Å². The van der Waals surface area contributed by atoms with Gasteiger partial charge in [0.05, 0.1) is 6.61 Å². The summed E-state index contributed by atoms with van der Waals surface area (Å²) in [5, 5.41) is 2.80. The van der Waals surface area contributed by atoms with E-state index in [0.717, 1.165) is 11.1 Å². The van der Waals surface area contributed by atoms with Gasteiger partial charge in [0.2, 0.25) is 11.8 Å². The quantitative estimate of drug-likeness (QED) is 0.495. The van der Waals surface area contributed by atoms with Crippen LogP contribution >= 0.6 is 0 Å². The van der Waals surface area contributed by atoms with Gasteiger partial charge in [0.15, 0.2) is 5.69 Å². The van der Waals surface area contributed by atoms with E-state index in [2.05, 4.69) is 10.3 Å². The van der Waals surface area contributed by atoms with Crippen LogP contribution in [0.3, 0.4) is 0 Å². The summed E-state index contributed by atoms with van der Waals surface area (Å²) < 4.78 is 6.31. The van der Waals surface area contributed by atoms with Crippen molar-refractivity contribution >= 4 is 29.0 Å². The maximum atomic E-state index is 13.0. The first-order valence-corrected chi connectivity index (χ1v) is 10.8. The molecule has 1 aromatic heterocycles. The van der Waals surface area contributed by atoms with Crippen LogP contribution in [0.5, 0.6) is 0 Å². The van der Waals surface area contributed by atoms with Crippen LogP contribution in [0, 0.1) is 19.8 Å². The minimum absolute atomic E-state index is 0.0428. The molecule has 0 aliphatic carbocycles. The van der Waals surface area contributed by atoms with Crippen molar-refractivity contribution in [3.05, 3.63) is 50.2 Å². The van der Waals surface area contributed by atoms with Crippen molar-refractivity contribution in [2.24, 2.45) is 5.92 Å². The Balaban J connectivity index is 2.24. The number of nitrogens with one attached hydrogen (secondary N) is 2. The zero-order valence-corrected chi connectivity index (χ0v) is 19.9. The molecule has 10 nitrogen and oxygen atoms in total. The number of ether oxygens (including phenoxy) is 1. The molecule has 0 spiro atoms. The Morgan fingerprint density at radius 2 is 1.91 bits per heavy atom. The highest BCUT2D eigenvalue weighted by Crippen LogP contribution is 2.20. The number of anilines is 3. The van der Waals surface area contributed by atoms with Gasteiger partial charge in [0, 0.05) is 38.7 Å². The van der Waals surface area contributed by atoms with Gasteiger partial charge in [-0.05, 0) is 31.4 Å². The van der Waals surface area contributed by atoms with Crippen molar-refractivity contribution < 1.29 is 14.3 Å². The number of aromatic amines is 1. The summed E-state index contributed by atoms with van der Waals surface area (Å²) in [6.45, 7) is 8.12. The number of aryl methyl sites for hydroxylation is 2. The highest BCUT2D eigenvalue weighted by atomic mass is 16.5. The monoisotopic (exact) mass is 459 g/mol. The van der Waals surface area contributed by atoms with Crippen LogP contribution in [0.1, 0.15) is 37.8 Å². The summed E-state index contributed by atoms with van der Waals surface area (Å²) >= 11 is 0. The average molecular weight is 460 g/mol. The van der Waals surface area contributed by atoms with Gasteiger partial charge in [-0.3, -0.25) is 23.9 Å². The van der Waals surface area contributed by atoms with Crippen molar-refractivity contribution in [3.63, 3.8) is 0 Å². The Labute approximate surface area is 192 Å². The van der Waals surface area contributed by atoms with Crippen LogP contribution in [0.25, 0.3) is 0 Å². The summed E-state index contributed by atoms with van der Waals surface area (Å²) in [6.07, 6.45) is -0.234. The summed E-state index contributed by atoms with van der Waals surface area (Å²) in [7, 11) is 1.47. The second kappa shape index (κ2) is 11.5. The first kappa shape index (κ1) is 25.9. The predicted octanol–water partition coefficient (Wildman–Crippen LogP) is 1.79. The maximum Gasteiger partial charge on any atom is 0.330 e. The Hall–Kier alpha value is -3.40. The predicted molar refractivity (Wildman–Crippen MR) is 129 cm³/mol. The van der Waals surface area contributed by atoms with E-state index < -0.39 is 17.2 Å². The standard InChI is InChI=1S/C23H33N5O5/c1-14(2)13-28-21(24)20(22(31)26-23(28)32)27(10-11-33-5)19(30)9-8-18(29)25-17-7-6-15(3)12-16(17)4/h6-7,12,14H,8-11,13,24H2,1-5H3,(H,25,29)(H,26,31,32). The number of carbonyl (C=O) groups is 2. The highest BCUT2D eigenvalue weighted by molar-refractivity contribution is 5.99. The van der Waals surface area contributed by atoms with Gasteiger partial charge in [-0.15, -0.1) is 0 Å². The molecule has 0 atom stereocenters. The second-order valence-corrected chi connectivity index (χ2v) is 8.40. The number of nitrogens with zero attached hydrogens (tertiary/aromatic N) is 2. The number of H-pyrrole nitrogens is 1. The molecule has 33 heavy (non-hydrogen) atoms. The molecule has 0 saturated heterocycles. The van der Waals surface area contributed by atoms with Gasteiger partial charge in [-0.1, -0.05) is 31.5 Å². The Morgan fingerprint density at radius 1 is 1.21 bits per heavy atom. The van der Waals surface area contributed by atoms with Crippen LogP contribution in [0.2, 0.25) is 0 Å². The van der Waals surface area contributed by atoms with Crippen LogP contribution in [-0.4, -0.2) is 41.6 Å². The minimum Gasteiger partial charge on any atom is -0.383 e. The lowest BCUT2D eigenvalue weighted by molar-refractivity contribution is -0.122. The van der Waals surface area contributed by atoms with E-state index in [-0.39, 0.29) is 55.9 Å². The molecular weight excluding hydrogens is 426 g/mol. The first-order chi connectivity index (χ1) is 15.5. The lowest BCUT2D eigenvalue weighted by Crippen LogP contribution is -2.43. The number of nitrogen functional groups attached to an aromatic ring is 1. The molecule has 0 radical (unpaired) electrons. The molecule has 10 heteroatoms. The number of methoxy groups -OCH3 is 1. The molecule has 4 N–H and O–H groups in total. The molecule has 2 amide bonds. The fourth-order valence-electron chi connectivity index (χ4n) is 3.45. The number of aromatic nitrogens is 2. The lowest BCUT2D eigenvalue weighted by atomic mass is 10.1. The Morgan fingerprint density at radius 3 is 2.52 bits per heavy atom. The molecule has 0 aliphatic heterocycles. The zero-order valence-electron chi connectivity index (χ0n) is 19.9. The van der Waals surface area contributed by atoms with Crippen molar-refractivity contribution in [1.82, 2.24) is 9.55 Å². The van der Waals surface area contributed by atoms with Crippen LogP contribution in [0.15, 0.2) is 27.8 Å². The minimum atomic E-state index is -0.762. The Bertz CT molecular complexity index is 1120. The summed E-state index contributed by atoms with van der Waals surface area (Å²) in [6, 6.07) is 5.66. The number of benzene rings is 1. The normalized spacial score (nSPS) is 11.0. The molecule has 2 aromatic rings. The van der Waals surface area contributed by atoms with Gasteiger partial charge in [-0.25, -0.2) is 4.79 Å². The number of rotatable bonds is 10. The van der Waals surface area contributed by atoms with Crippen LogP contribution < -0.4 is 27.2 Å². The van der Waals surface area contributed by atoms with Crippen LogP contribution in [0.4, 0.5) is 17.2 Å². The van der Waals surface area contributed by atoms with Gasteiger partial charge in [0.25, 0.3) is 5.56 Å². The van der Waals surface area contributed by atoms with E-state index in [0.29, 0.717) is 5.69 Å². The van der Waals surface area contributed by atoms with Crippen LogP contribution in [-0.2, 0) is 20.9 Å². The summed E-state index contributed by atoms with van der Waals surface area (Å²) in [5.74, 6) is -0.814. The number of hydrogen-bond acceptors (Lipinski definition) is 6. The Kier molecular flexibility index (Phi) is 8.98. The molecule has 0 fully saturated rings. The molecule has 0 bridgehead atoms. The lowest BCUT2D eigenvalue weighted by Gasteiger charge is -2.24. The molecule has 0 unspecified atom stereocenters. The molecule has 0 aliphatic rings. The number of amides is 2. The van der Waals surface area contributed by atoms with Gasteiger partial charge < -0.3 is 20.7 Å². The van der Waals surface area contributed by atoms with E-state index in [9.17, 15) is 19.2 Å². The van der Waals surface area contributed by atoms with Crippen molar-refractivity contribution in [2.75, 3.05) is 36.2 Å². The first-order valence-electron chi connectivity index (χ1n) is 10.8. The number of hydrogen-bond donors (Lipinski definition) is 3. The SMILES string of the molecule is COCCN(C(=O)CCC(=O)Nc1ccc(C)cc1C)c1c(N)n(CC(C)C)c(=O)[nH]c1=O.